The number of para-hydroxylation sites is 4. The summed E-state index contributed by atoms with van der Waals surface area (Å²) in [5.74, 6) is 1.71. The number of nitrogens with zero attached hydrogens (tertiary/aromatic N) is 4. The second-order valence-electron chi connectivity index (χ2n) is 8.80. The second-order valence-corrected chi connectivity index (χ2v) is 8.80. The third-order valence-electron chi connectivity index (χ3n) is 6.64. The van der Waals surface area contributed by atoms with E-state index in [1.807, 2.05) is 95.9 Å². The number of aliphatic hydroxyl groups excluding tert-OH is 1. The minimum atomic E-state index is -1.19. The first-order valence-corrected chi connectivity index (χ1v) is 11.9. The summed E-state index contributed by atoms with van der Waals surface area (Å²) in [5.41, 5.74) is 4.49. The summed E-state index contributed by atoms with van der Waals surface area (Å²) in [6, 6.07) is 32.5. The van der Waals surface area contributed by atoms with Crippen LogP contribution in [0.2, 0.25) is 0 Å². The Balaban J connectivity index is 1.30. The van der Waals surface area contributed by atoms with E-state index in [0.717, 1.165) is 22.5 Å². The van der Waals surface area contributed by atoms with Gasteiger partial charge in [-0.15, -0.1) is 0 Å². The maximum atomic E-state index is 13.5. The van der Waals surface area contributed by atoms with Crippen LogP contribution >= 0.6 is 0 Å². The lowest BCUT2D eigenvalue weighted by atomic mass is 10.00. The highest BCUT2D eigenvalue weighted by Crippen LogP contribution is 2.49. The molecule has 0 spiro atoms. The molecule has 1 N–H and O–H groups in total. The number of carbonyl (C=O) groups is 1. The van der Waals surface area contributed by atoms with Crippen molar-refractivity contribution in [1.29, 1.82) is 0 Å². The average Bonchev–Trinajstić information content (AvgIpc) is 3.21. The molecule has 0 fully saturated rings. The van der Waals surface area contributed by atoms with Crippen molar-refractivity contribution >= 4 is 29.0 Å². The van der Waals surface area contributed by atoms with Crippen LogP contribution in [-0.2, 0) is 0 Å². The molecule has 4 aromatic carbocycles. The summed E-state index contributed by atoms with van der Waals surface area (Å²) in [4.78, 5) is 25.8. The minimum Gasteiger partial charge on any atom is -0.453 e. The van der Waals surface area contributed by atoms with Crippen LogP contribution in [0.5, 0.6) is 11.5 Å². The molecule has 0 bridgehead atoms. The van der Waals surface area contributed by atoms with Gasteiger partial charge in [-0.1, -0.05) is 66.7 Å². The third kappa shape index (κ3) is 3.36. The van der Waals surface area contributed by atoms with Crippen LogP contribution < -0.4 is 14.5 Å². The standard InChI is InChI=1S/C30H20N4O3/c35-28-21-15-14-20(19-8-2-1-3-9-19)18-22(21)29(36)34(28)30-31-17-16-27(32-30)33-23-10-4-6-12-25(23)37-26-13-7-5-11-24(26)33/h1-18,28,35H. The predicted molar refractivity (Wildman–Crippen MR) is 140 cm³/mol. The Hall–Kier alpha value is -5.01. The van der Waals surface area contributed by atoms with Crippen LogP contribution in [0.25, 0.3) is 11.1 Å². The van der Waals surface area contributed by atoms with Gasteiger partial charge in [0.15, 0.2) is 17.7 Å². The van der Waals surface area contributed by atoms with Crippen LogP contribution in [0.15, 0.2) is 109 Å². The summed E-state index contributed by atoms with van der Waals surface area (Å²) in [6.45, 7) is 0. The highest BCUT2D eigenvalue weighted by Gasteiger charge is 2.39. The molecule has 0 aliphatic carbocycles. The van der Waals surface area contributed by atoms with Gasteiger partial charge in [0.05, 0.1) is 11.4 Å². The fraction of sp³-hybridized carbons (Fsp3) is 0.0333. The van der Waals surface area contributed by atoms with Gasteiger partial charge in [0, 0.05) is 17.3 Å². The Kier molecular flexibility index (Phi) is 4.77. The molecule has 7 heteroatoms. The molecule has 7 nitrogen and oxygen atoms in total. The van der Waals surface area contributed by atoms with E-state index in [-0.39, 0.29) is 11.9 Å². The molecule has 1 amide bonds. The molecule has 0 radical (unpaired) electrons. The van der Waals surface area contributed by atoms with Gasteiger partial charge in [0.2, 0.25) is 5.95 Å². The van der Waals surface area contributed by atoms with Gasteiger partial charge in [-0.3, -0.25) is 9.69 Å². The monoisotopic (exact) mass is 484 g/mol. The quantitative estimate of drug-likeness (QED) is 0.314. The maximum absolute atomic E-state index is 13.5. The van der Waals surface area contributed by atoms with Crippen molar-refractivity contribution in [2.45, 2.75) is 6.23 Å². The smallest absolute Gasteiger partial charge is 0.263 e. The van der Waals surface area contributed by atoms with Gasteiger partial charge in [0.25, 0.3) is 5.91 Å². The number of rotatable bonds is 3. The van der Waals surface area contributed by atoms with Crippen LogP contribution in [0.4, 0.5) is 23.1 Å². The summed E-state index contributed by atoms with van der Waals surface area (Å²) in [7, 11) is 0. The predicted octanol–water partition coefficient (Wildman–Crippen LogP) is 6.37. The largest absolute Gasteiger partial charge is 0.453 e. The lowest BCUT2D eigenvalue weighted by molar-refractivity contribution is 0.0931. The molecule has 1 unspecified atom stereocenters. The van der Waals surface area contributed by atoms with E-state index >= 15 is 0 Å². The van der Waals surface area contributed by atoms with Gasteiger partial charge >= 0.3 is 0 Å². The van der Waals surface area contributed by atoms with Crippen LogP contribution in [0, 0.1) is 0 Å². The van der Waals surface area contributed by atoms with E-state index in [9.17, 15) is 9.90 Å². The Morgan fingerprint density at radius 1 is 0.757 bits per heavy atom. The SMILES string of the molecule is O=C1c2cc(-c3ccccc3)ccc2C(O)N1c1nccc(N2c3ccccc3Oc3ccccc32)n1. The summed E-state index contributed by atoms with van der Waals surface area (Å²) >= 11 is 0. The fourth-order valence-electron chi connectivity index (χ4n) is 4.89. The van der Waals surface area contributed by atoms with Gasteiger partial charge in [-0.05, 0) is 47.5 Å². The van der Waals surface area contributed by atoms with Crippen LogP contribution in [0.3, 0.4) is 0 Å². The number of aromatic nitrogens is 2. The summed E-state index contributed by atoms with van der Waals surface area (Å²) in [5, 5.41) is 11.1. The zero-order chi connectivity index (χ0) is 24.9. The molecule has 3 heterocycles. The lowest BCUT2D eigenvalue weighted by Gasteiger charge is -2.32. The van der Waals surface area contributed by atoms with Crippen LogP contribution in [-0.4, -0.2) is 21.0 Å². The van der Waals surface area contributed by atoms with Crippen molar-refractivity contribution in [1.82, 2.24) is 9.97 Å². The number of hydrogen-bond acceptors (Lipinski definition) is 6. The first-order chi connectivity index (χ1) is 18.2. The van der Waals surface area contributed by atoms with E-state index in [1.165, 1.54) is 4.90 Å². The van der Waals surface area contributed by atoms with E-state index in [2.05, 4.69) is 4.98 Å². The zero-order valence-corrected chi connectivity index (χ0v) is 19.5. The molecule has 2 aliphatic rings. The van der Waals surface area contributed by atoms with Crippen molar-refractivity contribution in [3.8, 4) is 22.6 Å². The molecule has 2 aliphatic heterocycles. The number of ether oxygens (including phenoxy) is 1. The molecule has 7 rings (SSSR count). The molecule has 5 aromatic rings. The highest BCUT2D eigenvalue weighted by molar-refractivity contribution is 6.10. The Morgan fingerprint density at radius 3 is 2.16 bits per heavy atom. The van der Waals surface area contributed by atoms with Crippen molar-refractivity contribution in [2.24, 2.45) is 0 Å². The van der Waals surface area contributed by atoms with E-state index < -0.39 is 6.23 Å². The number of fused-ring (bicyclic) bond motifs is 3. The lowest BCUT2D eigenvalue weighted by Crippen LogP contribution is -2.30. The number of anilines is 4. The molecular formula is C30H20N4O3. The van der Waals surface area contributed by atoms with Crippen molar-refractivity contribution < 1.29 is 14.6 Å². The van der Waals surface area contributed by atoms with Crippen molar-refractivity contribution in [3.05, 3.63) is 120 Å². The van der Waals surface area contributed by atoms with Crippen molar-refractivity contribution in [3.63, 3.8) is 0 Å². The molecule has 37 heavy (non-hydrogen) atoms. The molecule has 1 aromatic heterocycles. The number of hydrogen-bond donors (Lipinski definition) is 1. The first-order valence-electron chi connectivity index (χ1n) is 11.9. The number of amides is 1. The topological polar surface area (TPSA) is 78.8 Å². The van der Waals surface area contributed by atoms with E-state index in [0.29, 0.717) is 28.4 Å². The number of carbonyl (C=O) groups excluding carboxylic acids is 1. The Morgan fingerprint density at radius 2 is 1.43 bits per heavy atom. The molecule has 1 atom stereocenters. The Bertz CT molecular complexity index is 1630. The number of aliphatic hydroxyl groups is 1. The average molecular weight is 485 g/mol. The summed E-state index contributed by atoms with van der Waals surface area (Å²) < 4.78 is 6.09. The van der Waals surface area contributed by atoms with E-state index in [1.54, 1.807) is 18.3 Å². The van der Waals surface area contributed by atoms with Crippen LogP contribution in [0.1, 0.15) is 22.1 Å². The minimum absolute atomic E-state index is 0.119. The molecule has 0 saturated carbocycles. The number of benzene rings is 4. The van der Waals surface area contributed by atoms with Crippen molar-refractivity contribution in [2.75, 3.05) is 9.80 Å². The Labute approximate surface area is 212 Å². The highest BCUT2D eigenvalue weighted by atomic mass is 16.5. The van der Waals surface area contributed by atoms with Gasteiger partial charge in [0.1, 0.15) is 5.82 Å². The molecule has 178 valence electrons. The zero-order valence-electron chi connectivity index (χ0n) is 19.5. The van der Waals surface area contributed by atoms with Gasteiger partial charge in [-0.25, -0.2) is 9.88 Å². The third-order valence-corrected chi connectivity index (χ3v) is 6.64. The van der Waals surface area contributed by atoms with E-state index in [4.69, 9.17) is 9.72 Å². The van der Waals surface area contributed by atoms with Gasteiger partial charge in [-0.2, -0.15) is 4.98 Å². The fourth-order valence-corrected chi connectivity index (χ4v) is 4.89. The molecular weight excluding hydrogens is 464 g/mol. The van der Waals surface area contributed by atoms with Gasteiger partial charge < -0.3 is 9.84 Å². The normalized spacial score (nSPS) is 15.6. The molecule has 0 saturated heterocycles. The maximum Gasteiger partial charge on any atom is 0.263 e. The first kappa shape index (κ1) is 21.3. The summed E-state index contributed by atoms with van der Waals surface area (Å²) in [6.07, 6.45) is 0.406. The second kappa shape index (κ2) is 8.29.